The van der Waals surface area contributed by atoms with Gasteiger partial charge in [0.2, 0.25) is 0 Å². The summed E-state index contributed by atoms with van der Waals surface area (Å²) in [5.41, 5.74) is 1.05. The largest absolute Gasteiger partial charge is 0.396 e. The van der Waals surface area contributed by atoms with Gasteiger partial charge >= 0.3 is 0 Å². The van der Waals surface area contributed by atoms with E-state index in [0.717, 1.165) is 22.9 Å². The van der Waals surface area contributed by atoms with Gasteiger partial charge in [-0.05, 0) is 24.1 Å². The molecular weight excluding hydrogens is 242 g/mol. The molecule has 1 rings (SSSR count). The summed E-state index contributed by atoms with van der Waals surface area (Å²) in [4.78, 5) is 5.07. The fourth-order valence-electron chi connectivity index (χ4n) is 0.909. The van der Waals surface area contributed by atoms with Crippen molar-refractivity contribution in [2.45, 2.75) is 19.8 Å². The number of nitrogens with zero attached hydrogens (tertiary/aromatic N) is 1. The molecule has 0 radical (unpaired) electrons. The Morgan fingerprint density at radius 2 is 2.07 bits per heavy atom. The van der Waals surface area contributed by atoms with Crippen molar-refractivity contribution in [3.8, 4) is 0 Å². The van der Waals surface area contributed by atoms with Crippen LogP contribution in [0.3, 0.4) is 0 Å². The van der Waals surface area contributed by atoms with Crippen LogP contribution in [-0.4, -0.2) is 12.8 Å². The molecule has 14 heavy (non-hydrogen) atoms. The third kappa shape index (κ3) is 4.42. The third-order valence-corrected chi connectivity index (χ3v) is 2.26. The number of hydrogen-bond donors (Lipinski definition) is 0. The van der Waals surface area contributed by atoms with E-state index < -0.39 is 0 Å². The second kappa shape index (κ2) is 6.60. The van der Waals surface area contributed by atoms with Crippen LogP contribution >= 0.6 is 15.9 Å². The van der Waals surface area contributed by atoms with Crippen LogP contribution in [0, 0.1) is 0 Å². The maximum atomic E-state index is 5.07. The molecule has 0 fully saturated rings. The molecule has 0 atom stereocenters. The summed E-state index contributed by atoms with van der Waals surface area (Å²) >= 11 is 3.37. The highest BCUT2D eigenvalue weighted by atomic mass is 79.9. The average molecular weight is 256 g/mol. The molecule has 2 nitrogen and oxygen atoms in total. The van der Waals surface area contributed by atoms with E-state index in [4.69, 9.17) is 4.84 Å². The van der Waals surface area contributed by atoms with Gasteiger partial charge in [-0.15, -0.1) is 0 Å². The predicted molar refractivity (Wildman–Crippen MR) is 62.6 cm³/mol. The van der Waals surface area contributed by atoms with Crippen molar-refractivity contribution in [2.75, 3.05) is 6.61 Å². The molecule has 3 heteroatoms. The highest BCUT2D eigenvalue weighted by molar-refractivity contribution is 9.10. The molecule has 0 saturated heterocycles. The molecule has 0 N–H and O–H groups in total. The highest BCUT2D eigenvalue weighted by Crippen LogP contribution is 2.08. The number of benzene rings is 1. The molecule has 0 unspecified atom stereocenters. The zero-order valence-corrected chi connectivity index (χ0v) is 9.83. The van der Waals surface area contributed by atoms with E-state index in [1.807, 2.05) is 24.3 Å². The van der Waals surface area contributed by atoms with Crippen molar-refractivity contribution in [3.63, 3.8) is 0 Å². The molecule has 0 aliphatic rings. The minimum atomic E-state index is 0.698. The van der Waals surface area contributed by atoms with Gasteiger partial charge in [0.15, 0.2) is 0 Å². The molecule has 0 aliphatic heterocycles. The van der Waals surface area contributed by atoms with Gasteiger partial charge in [0.05, 0.1) is 6.21 Å². The van der Waals surface area contributed by atoms with Crippen molar-refractivity contribution in [3.05, 3.63) is 34.3 Å². The summed E-state index contributed by atoms with van der Waals surface area (Å²) in [6.45, 7) is 2.82. The fraction of sp³-hybridized carbons (Fsp3) is 0.364. The van der Waals surface area contributed by atoms with Gasteiger partial charge in [0.1, 0.15) is 6.61 Å². The first-order chi connectivity index (χ1) is 6.83. The van der Waals surface area contributed by atoms with Crippen LogP contribution in [0.5, 0.6) is 0 Å². The lowest BCUT2D eigenvalue weighted by atomic mass is 10.2. The van der Waals surface area contributed by atoms with Crippen molar-refractivity contribution in [2.24, 2.45) is 5.16 Å². The Morgan fingerprint density at radius 3 is 2.71 bits per heavy atom. The fourth-order valence-corrected chi connectivity index (χ4v) is 1.17. The van der Waals surface area contributed by atoms with Crippen LogP contribution in [-0.2, 0) is 4.84 Å². The van der Waals surface area contributed by atoms with Crippen molar-refractivity contribution >= 4 is 22.1 Å². The average Bonchev–Trinajstić information content (AvgIpc) is 2.21. The van der Waals surface area contributed by atoms with Crippen LogP contribution in [0.4, 0.5) is 0 Å². The van der Waals surface area contributed by atoms with Gasteiger partial charge < -0.3 is 4.84 Å². The second-order valence-corrected chi connectivity index (χ2v) is 3.89. The number of halogens is 1. The lowest BCUT2D eigenvalue weighted by Gasteiger charge is -1.96. The van der Waals surface area contributed by atoms with Crippen molar-refractivity contribution in [1.29, 1.82) is 0 Å². The zero-order valence-electron chi connectivity index (χ0n) is 8.24. The number of rotatable bonds is 5. The van der Waals surface area contributed by atoms with Crippen molar-refractivity contribution < 1.29 is 4.84 Å². The molecule has 0 spiro atoms. The molecule has 1 aromatic rings. The Morgan fingerprint density at radius 1 is 1.36 bits per heavy atom. The molecule has 0 bridgehead atoms. The van der Waals surface area contributed by atoms with E-state index in [0.29, 0.717) is 6.61 Å². The Labute approximate surface area is 93.1 Å². The Balaban J connectivity index is 2.33. The molecule has 1 aromatic carbocycles. The Hall–Kier alpha value is -0.830. The van der Waals surface area contributed by atoms with E-state index in [1.165, 1.54) is 0 Å². The molecule has 0 saturated carbocycles. The maximum Gasteiger partial charge on any atom is 0.117 e. The topological polar surface area (TPSA) is 21.6 Å². The van der Waals surface area contributed by atoms with Gasteiger partial charge in [0.25, 0.3) is 0 Å². The smallest absolute Gasteiger partial charge is 0.117 e. The van der Waals surface area contributed by atoms with Crippen LogP contribution in [0.25, 0.3) is 0 Å². The molecule has 76 valence electrons. The molecule has 0 aliphatic carbocycles. The number of hydrogen-bond acceptors (Lipinski definition) is 2. The first kappa shape index (κ1) is 11.2. The summed E-state index contributed by atoms with van der Waals surface area (Å²) in [5, 5.41) is 3.87. The summed E-state index contributed by atoms with van der Waals surface area (Å²) in [5.74, 6) is 0. The minimum absolute atomic E-state index is 0.698. The van der Waals surface area contributed by atoms with Crippen LogP contribution in [0.2, 0.25) is 0 Å². The second-order valence-electron chi connectivity index (χ2n) is 2.97. The third-order valence-electron chi connectivity index (χ3n) is 1.74. The van der Waals surface area contributed by atoms with E-state index in [-0.39, 0.29) is 0 Å². The van der Waals surface area contributed by atoms with Crippen LogP contribution < -0.4 is 0 Å². The molecule has 0 heterocycles. The summed E-state index contributed by atoms with van der Waals surface area (Å²) in [6.07, 6.45) is 3.91. The quantitative estimate of drug-likeness (QED) is 0.448. The summed E-state index contributed by atoms with van der Waals surface area (Å²) in [7, 11) is 0. The van der Waals surface area contributed by atoms with E-state index in [1.54, 1.807) is 6.21 Å². The summed E-state index contributed by atoms with van der Waals surface area (Å²) < 4.78 is 1.07. The van der Waals surface area contributed by atoms with Gasteiger partial charge in [0, 0.05) is 4.47 Å². The van der Waals surface area contributed by atoms with E-state index in [2.05, 4.69) is 28.0 Å². The molecule has 0 amide bonds. The SMILES string of the molecule is CCCCON=Cc1ccc(Br)cc1. The monoisotopic (exact) mass is 255 g/mol. The van der Waals surface area contributed by atoms with Crippen LogP contribution in [0.1, 0.15) is 25.3 Å². The number of oxime groups is 1. The van der Waals surface area contributed by atoms with Gasteiger partial charge in [-0.25, -0.2) is 0 Å². The van der Waals surface area contributed by atoms with Gasteiger partial charge in [-0.2, -0.15) is 0 Å². The summed E-state index contributed by atoms with van der Waals surface area (Å²) in [6, 6.07) is 7.92. The predicted octanol–water partition coefficient (Wildman–Crippen LogP) is 3.60. The highest BCUT2D eigenvalue weighted by Gasteiger charge is 1.88. The van der Waals surface area contributed by atoms with Crippen LogP contribution in [0.15, 0.2) is 33.9 Å². The first-order valence-corrected chi connectivity index (χ1v) is 5.53. The molecule has 0 aromatic heterocycles. The van der Waals surface area contributed by atoms with Gasteiger partial charge in [-0.1, -0.05) is 46.6 Å². The normalized spacial score (nSPS) is 10.7. The lowest BCUT2D eigenvalue weighted by Crippen LogP contribution is -1.87. The van der Waals surface area contributed by atoms with E-state index >= 15 is 0 Å². The number of unbranched alkanes of at least 4 members (excludes halogenated alkanes) is 1. The maximum absolute atomic E-state index is 5.07. The Bertz CT molecular complexity index is 282. The first-order valence-electron chi connectivity index (χ1n) is 4.74. The molecular formula is C11H14BrNO. The zero-order chi connectivity index (χ0) is 10.2. The van der Waals surface area contributed by atoms with E-state index in [9.17, 15) is 0 Å². The standard InChI is InChI=1S/C11H14BrNO/c1-2-3-8-14-13-9-10-4-6-11(12)7-5-10/h4-7,9H,2-3,8H2,1H3. The Kier molecular flexibility index (Phi) is 5.30. The lowest BCUT2D eigenvalue weighted by molar-refractivity contribution is 0.143. The van der Waals surface area contributed by atoms with Gasteiger partial charge in [-0.3, -0.25) is 0 Å². The van der Waals surface area contributed by atoms with Crippen molar-refractivity contribution in [1.82, 2.24) is 0 Å². The minimum Gasteiger partial charge on any atom is -0.396 e.